The molecule has 1 atom stereocenters. The zero-order valence-electron chi connectivity index (χ0n) is 14.4. The maximum absolute atomic E-state index is 12.1. The zero-order valence-corrected chi connectivity index (χ0v) is 16.7. The van der Waals surface area contributed by atoms with Crippen molar-refractivity contribution in [1.29, 1.82) is 5.26 Å². The number of carbonyl (C=O) groups excluding carboxylic acids is 2. The Kier molecular flexibility index (Phi) is 8.86. The highest BCUT2D eigenvalue weighted by molar-refractivity contribution is 6.47. The van der Waals surface area contributed by atoms with Crippen LogP contribution in [0.15, 0.2) is 11.1 Å². The molecular weight excluding hydrogens is 403 g/mol. The summed E-state index contributed by atoms with van der Waals surface area (Å²) in [7, 11) is 0. The summed E-state index contributed by atoms with van der Waals surface area (Å²) in [6.07, 6.45) is 1.31. The lowest BCUT2D eigenvalue weighted by molar-refractivity contribution is -0.148. The number of carbonyl (C=O) groups is 2. The minimum absolute atomic E-state index is 0.0323. The minimum atomic E-state index is -1.24. The number of aliphatic imine (C=N–C) groups is 1. The van der Waals surface area contributed by atoms with Gasteiger partial charge in [0.05, 0.1) is 39.5 Å². The van der Waals surface area contributed by atoms with Gasteiger partial charge in [-0.3, -0.25) is 9.79 Å². The SMILES string of the molecule is CCCOC(=O)c1c(Cl)c(Cl)cc(N=CC(C#N)C(=O)OC(C)C)c1Cl. The Bertz CT molecular complexity index is 757. The fourth-order valence-corrected chi connectivity index (χ4v) is 2.49. The molecule has 0 aliphatic carbocycles. The van der Waals surface area contributed by atoms with Gasteiger partial charge in [-0.2, -0.15) is 5.26 Å². The summed E-state index contributed by atoms with van der Waals surface area (Å²) >= 11 is 18.3. The van der Waals surface area contributed by atoms with Crippen molar-refractivity contribution in [1.82, 2.24) is 0 Å². The van der Waals surface area contributed by atoms with Crippen molar-refractivity contribution in [2.45, 2.75) is 33.3 Å². The second kappa shape index (κ2) is 10.4. The third-order valence-corrected chi connectivity index (χ3v) is 4.06. The number of ether oxygens (including phenoxy) is 2. The quantitative estimate of drug-likeness (QED) is 0.352. The van der Waals surface area contributed by atoms with Gasteiger partial charge in [-0.05, 0) is 26.3 Å². The molecule has 0 saturated heterocycles. The van der Waals surface area contributed by atoms with Gasteiger partial charge in [0.15, 0.2) is 5.92 Å². The van der Waals surface area contributed by atoms with Crippen LogP contribution in [0.3, 0.4) is 0 Å². The molecule has 0 saturated carbocycles. The van der Waals surface area contributed by atoms with Crippen molar-refractivity contribution >= 4 is 58.6 Å². The monoisotopic (exact) mass is 418 g/mol. The van der Waals surface area contributed by atoms with Crippen LogP contribution in [-0.2, 0) is 14.3 Å². The summed E-state index contributed by atoms with van der Waals surface area (Å²) < 4.78 is 10.00. The molecule has 1 aromatic rings. The van der Waals surface area contributed by atoms with Crippen molar-refractivity contribution < 1.29 is 19.1 Å². The van der Waals surface area contributed by atoms with Crippen LogP contribution < -0.4 is 0 Å². The van der Waals surface area contributed by atoms with E-state index >= 15 is 0 Å². The molecule has 0 aliphatic rings. The molecule has 1 unspecified atom stereocenters. The van der Waals surface area contributed by atoms with E-state index in [2.05, 4.69) is 4.99 Å². The van der Waals surface area contributed by atoms with Crippen molar-refractivity contribution in [2.24, 2.45) is 10.9 Å². The molecule has 0 heterocycles. The Balaban J connectivity index is 3.21. The van der Waals surface area contributed by atoms with Gasteiger partial charge in [-0.25, -0.2) is 4.79 Å². The third kappa shape index (κ3) is 5.87. The van der Waals surface area contributed by atoms with Gasteiger partial charge in [0.1, 0.15) is 5.56 Å². The van der Waals surface area contributed by atoms with E-state index < -0.39 is 17.9 Å². The van der Waals surface area contributed by atoms with Crippen molar-refractivity contribution in [3.63, 3.8) is 0 Å². The minimum Gasteiger partial charge on any atom is -0.462 e. The Morgan fingerprint density at radius 3 is 2.50 bits per heavy atom. The Labute approximate surface area is 166 Å². The van der Waals surface area contributed by atoms with Crippen LogP contribution >= 0.6 is 34.8 Å². The maximum atomic E-state index is 12.1. The predicted octanol–water partition coefficient (Wildman–Crippen LogP) is 5.01. The molecule has 0 bridgehead atoms. The zero-order chi connectivity index (χ0) is 19.9. The van der Waals surface area contributed by atoms with E-state index in [1.54, 1.807) is 19.9 Å². The topological polar surface area (TPSA) is 88.8 Å². The first-order valence-electron chi connectivity index (χ1n) is 7.71. The Morgan fingerprint density at radius 2 is 1.96 bits per heavy atom. The summed E-state index contributed by atoms with van der Waals surface area (Å²) in [4.78, 5) is 28.0. The van der Waals surface area contributed by atoms with E-state index in [9.17, 15) is 9.59 Å². The van der Waals surface area contributed by atoms with Crippen LogP contribution in [-0.4, -0.2) is 30.9 Å². The molecule has 6 nitrogen and oxygen atoms in total. The van der Waals surface area contributed by atoms with Gasteiger partial charge >= 0.3 is 11.9 Å². The highest BCUT2D eigenvalue weighted by Crippen LogP contribution is 2.39. The molecule has 1 rings (SSSR count). The van der Waals surface area contributed by atoms with Crippen LogP contribution in [0, 0.1) is 17.2 Å². The van der Waals surface area contributed by atoms with E-state index in [1.165, 1.54) is 6.07 Å². The smallest absolute Gasteiger partial charge is 0.341 e. The van der Waals surface area contributed by atoms with Gasteiger partial charge in [-0.15, -0.1) is 0 Å². The number of rotatable bonds is 7. The molecule has 0 N–H and O–H groups in total. The van der Waals surface area contributed by atoms with E-state index in [0.717, 1.165) is 6.21 Å². The Hall–Kier alpha value is -1.81. The number of halogens is 3. The van der Waals surface area contributed by atoms with Crippen LogP contribution in [0.4, 0.5) is 5.69 Å². The Morgan fingerprint density at radius 1 is 1.31 bits per heavy atom. The van der Waals surface area contributed by atoms with Gasteiger partial charge < -0.3 is 9.47 Å². The lowest BCUT2D eigenvalue weighted by Gasteiger charge is -2.11. The van der Waals surface area contributed by atoms with Crippen LogP contribution in [0.2, 0.25) is 15.1 Å². The first-order chi connectivity index (χ1) is 12.2. The molecule has 1 aromatic carbocycles. The number of nitriles is 1. The molecule has 26 heavy (non-hydrogen) atoms. The number of hydrogen-bond acceptors (Lipinski definition) is 6. The number of esters is 2. The standard InChI is InChI=1S/C17H17Cl3N2O4/c1-4-5-25-17(24)13-14(19)11(18)6-12(15(13)20)22-8-10(7-21)16(23)26-9(2)3/h6,8-10H,4-5H2,1-3H3. The molecule has 0 fully saturated rings. The van der Waals surface area contributed by atoms with Gasteiger partial charge in [0.25, 0.3) is 0 Å². The van der Waals surface area contributed by atoms with Crippen LogP contribution in [0.1, 0.15) is 37.6 Å². The predicted molar refractivity (Wildman–Crippen MR) is 101 cm³/mol. The van der Waals surface area contributed by atoms with Crippen molar-refractivity contribution in [3.05, 3.63) is 26.7 Å². The highest BCUT2D eigenvalue weighted by atomic mass is 35.5. The van der Waals surface area contributed by atoms with Gasteiger partial charge in [0.2, 0.25) is 0 Å². The molecule has 0 amide bonds. The van der Waals surface area contributed by atoms with Crippen LogP contribution in [0.25, 0.3) is 0 Å². The van der Waals surface area contributed by atoms with E-state index in [0.29, 0.717) is 6.42 Å². The maximum Gasteiger partial charge on any atom is 0.341 e. The summed E-state index contributed by atoms with van der Waals surface area (Å²) in [5.74, 6) is -2.72. The molecule has 140 valence electrons. The van der Waals surface area contributed by atoms with Crippen LogP contribution in [0.5, 0.6) is 0 Å². The molecule has 0 aromatic heterocycles. The normalized spacial score (nSPS) is 12.1. The third-order valence-electron chi connectivity index (χ3n) is 2.89. The molecular formula is C17H17Cl3N2O4. The summed E-state index contributed by atoms with van der Waals surface area (Å²) in [6, 6.07) is 3.09. The summed E-state index contributed by atoms with van der Waals surface area (Å²) in [5, 5.41) is 8.98. The number of nitrogens with zero attached hydrogens (tertiary/aromatic N) is 2. The van der Waals surface area contributed by atoms with Gasteiger partial charge in [-0.1, -0.05) is 41.7 Å². The lowest BCUT2D eigenvalue weighted by atomic mass is 10.1. The van der Waals surface area contributed by atoms with Crippen molar-refractivity contribution in [2.75, 3.05) is 6.61 Å². The first-order valence-corrected chi connectivity index (χ1v) is 8.85. The summed E-state index contributed by atoms with van der Waals surface area (Å²) in [5.41, 5.74) is -0.0539. The fraction of sp³-hybridized carbons (Fsp3) is 0.412. The van der Waals surface area contributed by atoms with E-state index in [4.69, 9.17) is 49.5 Å². The second-order valence-electron chi connectivity index (χ2n) is 5.39. The van der Waals surface area contributed by atoms with E-state index in [1.807, 2.05) is 6.92 Å². The van der Waals surface area contributed by atoms with Crippen molar-refractivity contribution in [3.8, 4) is 6.07 Å². The molecule has 0 spiro atoms. The lowest BCUT2D eigenvalue weighted by Crippen LogP contribution is -2.20. The number of benzene rings is 1. The summed E-state index contributed by atoms with van der Waals surface area (Å²) in [6.45, 7) is 5.34. The van der Waals surface area contributed by atoms with Gasteiger partial charge in [0, 0.05) is 6.21 Å². The van der Waals surface area contributed by atoms with E-state index in [-0.39, 0.29) is 39.0 Å². The fourth-order valence-electron chi connectivity index (χ4n) is 1.74. The average Bonchev–Trinajstić information content (AvgIpc) is 2.57. The molecule has 0 radical (unpaired) electrons. The molecule has 0 aliphatic heterocycles. The highest BCUT2D eigenvalue weighted by Gasteiger charge is 2.23. The molecule has 9 heteroatoms. The number of hydrogen-bond donors (Lipinski definition) is 0. The average molecular weight is 420 g/mol. The first kappa shape index (κ1) is 22.2. The largest absolute Gasteiger partial charge is 0.462 e. The second-order valence-corrected chi connectivity index (χ2v) is 6.55.